The Morgan fingerprint density at radius 2 is 2.18 bits per heavy atom. The van der Waals surface area contributed by atoms with E-state index in [1.165, 1.54) is 11.0 Å². The molecule has 3 aromatic rings. The van der Waals surface area contributed by atoms with E-state index >= 15 is 0 Å². The number of aromatic nitrogens is 5. The van der Waals surface area contributed by atoms with E-state index in [0.29, 0.717) is 18.2 Å². The molecule has 0 saturated heterocycles. The van der Waals surface area contributed by atoms with Crippen LogP contribution in [0, 0.1) is 6.92 Å². The number of rotatable bonds is 5. The van der Waals surface area contributed by atoms with Crippen LogP contribution < -0.4 is 5.32 Å². The maximum atomic E-state index is 10.2. The van der Waals surface area contributed by atoms with Gasteiger partial charge in [-0.3, -0.25) is 4.98 Å². The zero-order valence-corrected chi connectivity index (χ0v) is 12.1. The van der Waals surface area contributed by atoms with E-state index < -0.39 is 6.10 Å². The van der Waals surface area contributed by atoms with Crippen molar-refractivity contribution in [3.8, 4) is 5.82 Å². The lowest BCUT2D eigenvalue weighted by atomic mass is 10.1. The smallest absolute Gasteiger partial charge is 0.175 e. The highest BCUT2D eigenvalue weighted by molar-refractivity contribution is 5.36. The highest BCUT2D eigenvalue weighted by Gasteiger charge is 2.08. The fourth-order valence-electron chi connectivity index (χ4n) is 2.07. The van der Waals surface area contributed by atoms with Gasteiger partial charge in [0.05, 0.1) is 18.5 Å². The molecular weight excluding hydrogens is 280 g/mol. The highest BCUT2D eigenvalue weighted by atomic mass is 16.3. The van der Waals surface area contributed by atoms with Crippen LogP contribution in [-0.4, -0.2) is 36.4 Å². The molecule has 7 nitrogen and oxygen atoms in total. The molecule has 0 saturated carbocycles. The number of aliphatic hydroxyl groups is 1. The second kappa shape index (κ2) is 6.31. The number of hydrogen-bond acceptors (Lipinski definition) is 6. The maximum Gasteiger partial charge on any atom is 0.175 e. The van der Waals surface area contributed by atoms with E-state index in [-0.39, 0.29) is 0 Å². The van der Waals surface area contributed by atoms with Crippen LogP contribution in [0.25, 0.3) is 5.82 Å². The summed E-state index contributed by atoms with van der Waals surface area (Å²) >= 11 is 0. The van der Waals surface area contributed by atoms with Crippen molar-refractivity contribution in [1.29, 1.82) is 0 Å². The van der Waals surface area contributed by atoms with Gasteiger partial charge in [0.1, 0.15) is 18.5 Å². The van der Waals surface area contributed by atoms with Gasteiger partial charge in [0.15, 0.2) is 5.82 Å². The summed E-state index contributed by atoms with van der Waals surface area (Å²) in [5, 5.41) is 17.3. The largest absolute Gasteiger partial charge is 0.387 e. The van der Waals surface area contributed by atoms with E-state index in [2.05, 4.69) is 25.4 Å². The first-order valence-corrected chi connectivity index (χ1v) is 6.88. The van der Waals surface area contributed by atoms with Crippen LogP contribution in [0.2, 0.25) is 0 Å². The Kier molecular flexibility index (Phi) is 4.06. The first-order chi connectivity index (χ1) is 10.7. The van der Waals surface area contributed by atoms with Gasteiger partial charge in [-0.2, -0.15) is 5.10 Å². The molecular formula is C15H16N6O. The lowest BCUT2D eigenvalue weighted by Gasteiger charge is -2.13. The lowest BCUT2D eigenvalue weighted by molar-refractivity contribution is 0.191. The van der Waals surface area contributed by atoms with Gasteiger partial charge >= 0.3 is 0 Å². The first-order valence-electron chi connectivity index (χ1n) is 6.88. The Balaban J connectivity index is 1.68. The summed E-state index contributed by atoms with van der Waals surface area (Å²) in [6.45, 7) is 2.34. The molecule has 0 radical (unpaired) electrons. The third-order valence-corrected chi connectivity index (χ3v) is 3.18. The number of benzene rings is 1. The molecule has 7 heteroatoms. The van der Waals surface area contributed by atoms with Crippen molar-refractivity contribution in [3.63, 3.8) is 0 Å². The third-order valence-electron chi connectivity index (χ3n) is 3.18. The van der Waals surface area contributed by atoms with Crippen molar-refractivity contribution < 1.29 is 5.11 Å². The van der Waals surface area contributed by atoms with Crippen LogP contribution in [0.1, 0.15) is 17.2 Å². The molecule has 1 atom stereocenters. The van der Waals surface area contributed by atoms with Gasteiger partial charge in [0, 0.05) is 6.54 Å². The first kappa shape index (κ1) is 14.2. The number of hydrogen-bond donors (Lipinski definition) is 2. The topological polar surface area (TPSA) is 88.8 Å². The molecule has 2 heterocycles. The van der Waals surface area contributed by atoms with Crippen molar-refractivity contribution in [2.24, 2.45) is 0 Å². The third kappa shape index (κ3) is 3.26. The molecule has 0 bridgehead atoms. The van der Waals surface area contributed by atoms with Gasteiger partial charge in [-0.1, -0.05) is 29.8 Å². The molecule has 1 aromatic carbocycles. The molecule has 3 rings (SSSR count). The Bertz CT molecular complexity index is 743. The minimum atomic E-state index is -0.614. The molecule has 0 fully saturated rings. The summed E-state index contributed by atoms with van der Waals surface area (Å²) in [4.78, 5) is 12.4. The molecule has 0 aliphatic rings. The number of nitrogens with zero attached hydrogens (tertiary/aromatic N) is 5. The summed E-state index contributed by atoms with van der Waals surface area (Å²) in [6, 6.07) is 7.79. The van der Waals surface area contributed by atoms with Crippen molar-refractivity contribution in [1.82, 2.24) is 24.7 Å². The predicted molar refractivity (Wildman–Crippen MR) is 81.6 cm³/mol. The van der Waals surface area contributed by atoms with Crippen LogP contribution in [0.4, 0.5) is 5.82 Å². The Morgan fingerprint density at radius 3 is 2.95 bits per heavy atom. The van der Waals surface area contributed by atoms with E-state index in [9.17, 15) is 5.11 Å². The van der Waals surface area contributed by atoms with Crippen LogP contribution in [0.3, 0.4) is 0 Å². The summed E-state index contributed by atoms with van der Waals surface area (Å²) in [5.41, 5.74) is 1.98. The molecule has 0 aliphatic carbocycles. The monoisotopic (exact) mass is 296 g/mol. The second-order valence-electron chi connectivity index (χ2n) is 4.91. The van der Waals surface area contributed by atoms with E-state index in [1.54, 1.807) is 18.7 Å². The van der Waals surface area contributed by atoms with Crippen molar-refractivity contribution in [2.75, 3.05) is 11.9 Å². The SMILES string of the molecule is Cc1cccc(C(O)CNc2cncc(-n3cncn3)n2)c1. The van der Waals surface area contributed by atoms with Gasteiger partial charge in [-0.05, 0) is 12.5 Å². The van der Waals surface area contributed by atoms with E-state index in [0.717, 1.165) is 11.1 Å². The fourth-order valence-corrected chi connectivity index (χ4v) is 2.07. The number of anilines is 1. The van der Waals surface area contributed by atoms with Crippen LogP contribution >= 0.6 is 0 Å². The predicted octanol–water partition coefficient (Wildman–Crippen LogP) is 1.51. The Morgan fingerprint density at radius 1 is 1.27 bits per heavy atom. The summed E-state index contributed by atoms with van der Waals surface area (Å²) in [7, 11) is 0. The lowest BCUT2D eigenvalue weighted by Crippen LogP contribution is -2.14. The highest BCUT2D eigenvalue weighted by Crippen LogP contribution is 2.15. The summed E-state index contributed by atoms with van der Waals surface area (Å²) < 4.78 is 1.52. The molecule has 0 aliphatic heterocycles. The average molecular weight is 296 g/mol. The second-order valence-corrected chi connectivity index (χ2v) is 4.91. The fraction of sp³-hybridized carbons (Fsp3) is 0.200. The maximum absolute atomic E-state index is 10.2. The molecule has 0 amide bonds. The van der Waals surface area contributed by atoms with Crippen LogP contribution in [0.5, 0.6) is 0 Å². The van der Waals surface area contributed by atoms with Gasteiger partial charge in [0.25, 0.3) is 0 Å². The molecule has 2 aromatic heterocycles. The summed E-state index contributed by atoms with van der Waals surface area (Å²) in [6.07, 6.45) is 5.57. The molecule has 112 valence electrons. The van der Waals surface area contributed by atoms with Crippen molar-refractivity contribution in [2.45, 2.75) is 13.0 Å². The average Bonchev–Trinajstić information content (AvgIpc) is 3.07. The quantitative estimate of drug-likeness (QED) is 0.742. The van der Waals surface area contributed by atoms with Gasteiger partial charge in [0.2, 0.25) is 0 Å². The Hall–Kier alpha value is -2.80. The van der Waals surface area contributed by atoms with Crippen molar-refractivity contribution >= 4 is 5.82 Å². The number of aryl methyl sites for hydroxylation is 1. The van der Waals surface area contributed by atoms with Gasteiger partial charge in [-0.25, -0.2) is 14.6 Å². The summed E-state index contributed by atoms with van der Waals surface area (Å²) in [5.74, 6) is 1.13. The minimum absolute atomic E-state index is 0.346. The van der Waals surface area contributed by atoms with Crippen molar-refractivity contribution in [3.05, 3.63) is 60.4 Å². The standard InChI is InChI=1S/C15H16N6O/c1-11-3-2-4-12(5-11)13(22)6-18-14-7-16-8-15(20-14)21-10-17-9-19-21/h2-5,7-10,13,22H,6H2,1H3,(H,18,20). The normalized spacial score (nSPS) is 12.1. The molecule has 22 heavy (non-hydrogen) atoms. The number of aliphatic hydroxyl groups excluding tert-OH is 1. The zero-order chi connectivity index (χ0) is 15.4. The molecule has 1 unspecified atom stereocenters. The van der Waals surface area contributed by atoms with Gasteiger partial charge < -0.3 is 10.4 Å². The van der Waals surface area contributed by atoms with E-state index in [1.807, 2.05) is 31.2 Å². The minimum Gasteiger partial charge on any atom is -0.387 e. The molecule has 0 spiro atoms. The number of nitrogens with one attached hydrogen (secondary N) is 1. The molecule has 2 N–H and O–H groups in total. The van der Waals surface area contributed by atoms with Gasteiger partial charge in [-0.15, -0.1) is 0 Å². The van der Waals surface area contributed by atoms with Crippen LogP contribution in [0.15, 0.2) is 49.3 Å². The van der Waals surface area contributed by atoms with Crippen LogP contribution in [-0.2, 0) is 0 Å². The van der Waals surface area contributed by atoms with E-state index in [4.69, 9.17) is 0 Å². The Labute approximate surface area is 127 Å². The zero-order valence-electron chi connectivity index (χ0n) is 12.1.